The van der Waals surface area contributed by atoms with Crippen LogP contribution in [0.3, 0.4) is 0 Å². The van der Waals surface area contributed by atoms with Crippen LogP contribution in [0.25, 0.3) is 0 Å². The number of sulfonamides is 1. The Balaban J connectivity index is 1.71. The molecule has 0 spiro atoms. The second-order valence-corrected chi connectivity index (χ2v) is 9.58. The van der Waals surface area contributed by atoms with Crippen molar-refractivity contribution in [3.05, 3.63) is 17.5 Å². The van der Waals surface area contributed by atoms with Crippen LogP contribution >= 0.6 is 0 Å². The molecule has 3 heterocycles. The van der Waals surface area contributed by atoms with Gasteiger partial charge in [0.2, 0.25) is 16.0 Å². The fourth-order valence-electron chi connectivity index (χ4n) is 3.90. The molecular weight excluding hydrogens is 326 g/mol. The van der Waals surface area contributed by atoms with Crippen LogP contribution in [0.5, 0.6) is 0 Å². The van der Waals surface area contributed by atoms with E-state index in [0.717, 1.165) is 30.3 Å². The predicted octanol–water partition coefficient (Wildman–Crippen LogP) is 0.496. The van der Waals surface area contributed by atoms with Crippen LogP contribution in [0.15, 0.2) is 6.20 Å². The van der Waals surface area contributed by atoms with Crippen molar-refractivity contribution in [2.45, 2.75) is 31.3 Å². The molecule has 2 aliphatic heterocycles. The molecule has 1 aromatic heterocycles. The minimum absolute atomic E-state index is 0.143. The molecule has 2 fully saturated rings. The summed E-state index contributed by atoms with van der Waals surface area (Å²) >= 11 is 0. The van der Waals surface area contributed by atoms with Gasteiger partial charge >= 0.3 is 0 Å². The third kappa shape index (κ3) is 2.91. The van der Waals surface area contributed by atoms with Crippen molar-refractivity contribution in [2.24, 2.45) is 5.92 Å². The molecule has 1 aromatic rings. The fourth-order valence-corrected chi connectivity index (χ4v) is 4.75. The molecule has 132 valence electrons. The van der Waals surface area contributed by atoms with E-state index in [2.05, 4.69) is 9.88 Å². The van der Waals surface area contributed by atoms with Crippen LogP contribution in [-0.2, 0) is 16.6 Å². The van der Waals surface area contributed by atoms with Crippen LogP contribution < -0.4 is 4.90 Å². The highest BCUT2D eigenvalue weighted by atomic mass is 32.2. The first-order chi connectivity index (χ1) is 11.3. The molecule has 1 saturated carbocycles. The average Bonchev–Trinajstić information content (AvgIpc) is 3.19. The van der Waals surface area contributed by atoms with Gasteiger partial charge in [-0.05, 0) is 18.8 Å². The molecule has 4 rings (SSSR count). The number of nitrogens with zero attached hydrogens (tertiary/aromatic N) is 5. The molecule has 0 bridgehead atoms. The molecule has 0 aromatic carbocycles. The van der Waals surface area contributed by atoms with Crippen molar-refractivity contribution in [1.82, 2.24) is 19.2 Å². The summed E-state index contributed by atoms with van der Waals surface area (Å²) in [6, 6.07) is 0.234. The van der Waals surface area contributed by atoms with Gasteiger partial charge in [-0.15, -0.1) is 0 Å². The fraction of sp³-hybridized carbons (Fsp3) is 0.750. The SMILES string of the molecule is CN(C)c1ncc2c(n1)[C@@H]1CN(S(C)(=O)=O)C[C@@H]1N(CC1CC1)C2. The Morgan fingerprint density at radius 3 is 2.67 bits per heavy atom. The van der Waals surface area contributed by atoms with Crippen molar-refractivity contribution in [3.63, 3.8) is 0 Å². The summed E-state index contributed by atoms with van der Waals surface area (Å²) in [5.41, 5.74) is 2.19. The van der Waals surface area contributed by atoms with Crippen molar-refractivity contribution in [1.29, 1.82) is 0 Å². The van der Waals surface area contributed by atoms with Gasteiger partial charge in [0.05, 0.1) is 11.9 Å². The highest BCUT2D eigenvalue weighted by Gasteiger charge is 2.46. The number of aromatic nitrogens is 2. The van der Waals surface area contributed by atoms with E-state index in [4.69, 9.17) is 4.98 Å². The van der Waals surface area contributed by atoms with E-state index < -0.39 is 10.0 Å². The summed E-state index contributed by atoms with van der Waals surface area (Å²) in [6.07, 6.45) is 5.83. The zero-order valence-electron chi connectivity index (χ0n) is 14.5. The lowest BCUT2D eigenvalue weighted by atomic mass is 9.90. The van der Waals surface area contributed by atoms with Crippen molar-refractivity contribution in [2.75, 3.05) is 44.9 Å². The van der Waals surface area contributed by atoms with Gasteiger partial charge < -0.3 is 4.90 Å². The molecule has 0 amide bonds. The first-order valence-corrected chi connectivity index (χ1v) is 10.4. The third-order valence-electron chi connectivity index (χ3n) is 5.39. The Hall–Kier alpha value is -1.25. The molecule has 1 saturated heterocycles. The Morgan fingerprint density at radius 1 is 1.29 bits per heavy atom. The maximum absolute atomic E-state index is 12.1. The predicted molar refractivity (Wildman–Crippen MR) is 92.4 cm³/mol. The van der Waals surface area contributed by atoms with Crippen LogP contribution in [0.2, 0.25) is 0 Å². The first-order valence-electron chi connectivity index (χ1n) is 8.55. The van der Waals surface area contributed by atoms with E-state index in [1.807, 2.05) is 25.2 Å². The number of hydrogen-bond acceptors (Lipinski definition) is 6. The number of rotatable bonds is 4. The second-order valence-electron chi connectivity index (χ2n) is 7.60. The first kappa shape index (κ1) is 16.2. The minimum atomic E-state index is -3.17. The van der Waals surface area contributed by atoms with E-state index in [9.17, 15) is 8.42 Å². The van der Waals surface area contributed by atoms with Gasteiger partial charge in [-0.2, -0.15) is 4.31 Å². The van der Waals surface area contributed by atoms with Gasteiger partial charge in [0.1, 0.15) is 0 Å². The lowest BCUT2D eigenvalue weighted by Crippen LogP contribution is -2.45. The highest BCUT2D eigenvalue weighted by molar-refractivity contribution is 7.88. The summed E-state index contributed by atoms with van der Waals surface area (Å²) in [6.45, 7) is 3.00. The van der Waals surface area contributed by atoms with Crippen molar-refractivity contribution in [3.8, 4) is 0 Å². The number of hydrogen-bond donors (Lipinski definition) is 0. The topological polar surface area (TPSA) is 69.6 Å². The average molecular weight is 351 g/mol. The van der Waals surface area contributed by atoms with Crippen molar-refractivity contribution >= 4 is 16.0 Å². The Morgan fingerprint density at radius 2 is 2.04 bits per heavy atom. The lowest BCUT2D eigenvalue weighted by molar-refractivity contribution is 0.158. The third-order valence-corrected chi connectivity index (χ3v) is 6.63. The van der Waals surface area contributed by atoms with E-state index in [1.54, 1.807) is 4.31 Å². The molecule has 7 nitrogen and oxygen atoms in total. The molecule has 0 radical (unpaired) electrons. The number of fused-ring (bicyclic) bond motifs is 3. The Labute approximate surface area is 143 Å². The zero-order chi connectivity index (χ0) is 17.1. The molecule has 24 heavy (non-hydrogen) atoms. The van der Waals surface area contributed by atoms with Gasteiger partial charge in [-0.1, -0.05) is 0 Å². The minimum Gasteiger partial charge on any atom is -0.347 e. The summed E-state index contributed by atoms with van der Waals surface area (Å²) < 4.78 is 25.8. The van der Waals surface area contributed by atoms with Crippen LogP contribution in [0.1, 0.15) is 30.0 Å². The zero-order valence-corrected chi connectivity index (χ0v) is 15.3. The van der Waals surface area contributed by atoms with Crippen molar-refractivity contribution < 1.29 is 8.42 Å². The summed E-state index contributed by atoms with van der Waals surface area (Å²) in [4.78, 5) is 13.6. The largest absolute Gasteiger partial charge is 0.347 e. The molecule has 0 N–H and O–H groups in total. The number of anilines is 1. The summed E-state index contributed by atoms with van der Waals surface area (Å²) in [5, 5.41) is 0. The Bertz CT molecular complexity index is 747. The smallest absolute Gasteiger partial charge is 0.225 e. The molecule has 1 aliphatic carbocycles. The maximum Gasteiger partial charge on any atom is 0.225 e. The van der Waals surface area contributed by atoms with E-state index in [-0.39, 0.29) is 12.0 Å². The Kier molecular flexibility index (Phi) is 3.81. The summed E-state index contributed by atoms with van der Waals surface area (Å²) in [7, 11) is 0.686. The van der Waals surface area contributed by atoms with Crippen LogP contribution in [0, 0.1) is 5.92 Å². The normalized spacial score (nSPS) is 27.8. The van der Waals surface area contributed by atoms with Crippen LogP contribution in [-0.4, -0.2) is 73.6 Å². The maximum atomic E-state index is 12.1. The molecule has 0 unspecified atom stereocenters. The van der Waals surface area contributed by atoms with Gasteiger partial charge in [0, 0.05) is 64.0 Å². The molecule has 2 atom stereocenters. The van der Waals surface area contributed by atoms with E-state index in [0.29, 0.717) is 19.0 Å². The van der Waals surface area contributed by atoms with Crippen LogP contribution in [0.4, 0.5) is 5.95 Å². The quantitative estimate of drug-likeness (QED) is 0.787. The van der Waals surface area contributed by atoms with Gasteiger partial charge in [-0.3, -0.25) is 4.90 Å². The lowest BCUT2D eigenvalue weighted by Gasteiger charge is -2.37. The molecule has 8 heteroatoms. The summed E-state index contributed by atoms with van der Waals surface area (Å²) in [5.74, 6) is 1.62. The molecular formula is C16H25N5O2S. The standard InChI is InChI=1S/C16H25N5O2S/c1-19(2)16-17-6-12-8-20(7-11-4-5-11)14-10-21(24(3,22)23)9-13(14)15(12)18-16/h6,11,13-14H,4-5,7-10H2,1-3H3/t13-,14+/m1/s1. The van der Waals surface area contributed by atoms with Gasteiger partial charge in [-0.25, -0.2) is 18.4 Å². The monoisotopic (exact) mass is 351 g/mol. The van der Waals surface area contributed by atoms with Gasteiger partial charge in [0.15, 0.2) is 0 Å². The van der Waals surface area contributed by atoms with E-state index >= 15 is 0 Å². The molecule has 3 aliphatic rings. The van der Waals surface area contributed by atoms with E-state index in [1.165, 1.54) is 19.1 Å². The second kappa shape index (κ2) is 5.64. The van der Waals surface area contributed by atoms with Gasteiger partial charge in [0.25, 0.3) is 0 Å². The highest BCUT2D eigenvalue weighted by Crippen LogP contribution is 2.41.